The molecule has 30 heavy (non-hydrogen) atoms. The number of primary amides is 1. The Balaban J connectivity index is 1.77. The Morgan fingerprint density at radius 1 is 1.27 bits per heavy atom. The number of para-hydroxylation sites is 1. The van der Waals surface area contributed by atoms with Crippen LogP contribution in [0.15, 0.2) is 65.6 Å². The van der Waals surface area contributed by atoms with Crippen molar-refractivity contribution in [2.75, 3.05) is 0 Å². The van der Waals surface area contributed by atoms with Gasteiger partial charge in [-0.25, -0.2) is 4.68 Å². The zero-order valence-corrected chi connectivity index (χ0v) is 16.0. The van der Waals surface area contributed by atoms with Gasteiger partial charge in [-0.15, -0.1) is 10.2 Å². The molecule has 8 nitrogen and oxygen atoms in total. The van der Waals surface area contributed by atoms with Crippen LogP contribution in [0.1, 0.15) is 27.8 Å². The molecular weight excluding hydrogens is 382 g/mol. The number of aliphatic hydroxyl groups is 1. The van der Waals surface area contributed by atoms with Crippen molar-refractivity contribution in [3.63, 3.8) is 0 Å². The van der Waals surface area contributed by atoms with Crippen LogP contribution in [-0.2, 0) is 5.60 Å². The van der Waals surface area contributed by atoms with E-state index in [1.165, 1.54) is 6.08 Å². The van der Waals surface area contributed by atoms with Crippen molar-refractivity contribution in [3.8, 4) is 17.5 Å². The first-order chi connectivity index (χ1) is 14.4. The number of nitrogens with two attached hydrogens (primary N) is 1. The molecule has 0 saturated heterocycles. The number of aryl methyl sites for hydroxylation is 1. The summed E-state index contributed by atoms with van der Waals surface area (Å²) in [5, 5.41) is 23.3. The third-order valence-electron chi connectivity index (χ3n) is 4.46. The summed E-state index contributed by atoms with van der Waals surface area (Å²) < 4.78 is 6.92. The van der Waals surface area contributed by atoms with Crippen LogP contribution in [0.3, 0.4) is 0 Å². The van der Waals surface area contributed by atoms with Gasteiger partial charge in [0.1, 0.15) is 0 Å². The molecule has 2 aromatic carbocycles. The fourth-order valence-electron chi connectivity index (χ4n) is 2.97. The molecule has 4 rings (SSSR count). The van der Waals surface area contributed by atoms with E-state index in [-0.39, 0.29) is 11.6 Å². The summed E-state index contributed by atoms with van der Waals surface area (Å²) in [6, 6.07) is 14.5. The zero-order chi connectivity index (χ0) is 21.3. The predicted molar refractivity (Wildman–Crippen MR) is 110 cm³/mol. The van der Waals surface area contributed by atoms with Crippen LogP contribution in [0.2, 0.25) is 0 Å². The summed E-state index contributed by atoms with van der Waals surface area (Å²) >= 11 is 0. The number of benzene rings is 2. The second-order valence-corrected chi connectivity index (χ2v) is 6.54. The standard InChI is InChI=1S/C22H17N5O3/c1-3-22(29,21-25-24-14(2)30-21)12-11-15-7-6-8-16(13-15)27-18-10-5-4-9-17(18)19(26-27)20(23)28/h3-10,13,29H,1H2,2H3,(H2,23,28). The Kier molecular flexibility index (Phi) is 4.66. The van der Waals surface area contributed by atoms with E-state index in [0.29, 0.717) is 22.5 Å². The van der Waals surface area contributed by atoms with Crippen LogP contribution in [-0.4, -0.2) is 31.0 Å². The lowest BCUT2D eigenvalue weighted by atomic mass is 10.0. The number of carbonyl (C=O) groups excluding carboxylic acids is 1. The Labute approximate surface area is 171 Å². The largest absolute Gasteiger partial charge is 0.421 e. The number of hydrogen-bond acceptors (Lipinski definition) is 6. The van der Waals surface area contributed by atoms with Crippen LogP contribution in [0.5, 0.6) is 0 Å². The van der Waals surface area contributed by atoms with Crippen molar-refractivity contribution < 1.29 is 14.3 Å². The molecule has 148 valence electrons. The highest BCUT2D eigenvalue weighted by Gasteiger charge is 2.29. The summed E-state index contributed by atoms with van der Waals surface area (Å²) in [4.78, 5) is 11.8. The minimum Gasteiger partial charge on any atom is -0.421 e. The Bertz CT molecular complexity index is 1340. The monoisotopic (exact) mass is 399 g/mol. The predicted octanol–water partition coefficient (Wildman–Crippen LogP) is 2.24. The number of amides is 1. The number of aromatic nitrogens is 4. The van der Waals surface area contributed by atoms with Crippen LogP contribution >= 0.6 is 0 Å². The minimum absolute atomic E-state index is 0.0529. The lowest BCUT2D eigenvalue weighted by Crippen LogP contribution is -2.20. The topological polar surface area (TPSA) is 120 Å². The van der Waals surface area contributed by atoms with Crippen molar-refractivity contribution in [1.29, 1.82) is 0 Å². The number of fused-ring (bicyclic) bond motifs is 1. The molecule has 4 aromatic rings. The fourth-order valence-corrected chi connectivity index (χ4v) is 2.97. The zero-order valence-electron chi connectivity index (χ0n) is 16.0. The van der Waals surface area contributed by atoms with Gasteiger partial charge in [-0.3, -0.25) is 4.79 Å². The van der Waals surface area contributed by atoms with Gasteiger partial charge in [0.2, 0.25) is 11.5 Å². The highest BCUT2D eigenvalue weighted by molar-refractivity contribution is 6.04. The van der Waals surface area contributed by atoms with Gasteiger partial charge in [0.05, 0.1) is 11.2 Å². The molecule has 0 bridgehead atoms. The van der Waals surface area contributed by atoms with Crippen molar-refractivity contribution in [2.24, 2.45) is 5.73 Å². The van der Waals surface area contributed by atoms with Crippen molar-refractivity contribution in [3.05, 3.63) is 84.2 Å². The molecule has 0 saturated carbocycles. The van der Waals surface area contributed by atoms with Crippen molar-refractivity contribution in [2.45, 2.75) is 12.5 Å². The highest BCUT2D eigenvalue weighted by Crippen LogP contribution is 2.23. The van der Waals surface area contributed by atoms with E-state index in [1.807, 2.05) is 24.3 Å². The van der Waals surface area contributed by atoms with Crippen LogP contribution in [0, 0.1) is 18.8 Å². The maximum atomic E-state index is 11.8. The quantitative estimate of drug-likeness (QED) is 0.401. The number of carbonyl (C=O) groups is 1. The Morgan fingerprint density at radius 3 is 2.77 bits per heavy atom. The molecule has 0 aliphatic carbocycles. The minimum atomic E-state index is -1.78. The molecule has 2 heterocycles. The summed E-state index contributed by atoms with van der Waals surface area (Å²) in [7, 11) is 0. The molecule has 1 amide bonds. The lowest BCUT2D eigenvalue weighted by Gasteiger charge is -2.11. The van der Waals surface area contributed by atoms with Gasteiger partial charge >= 0.3 is 0 Å². The van der Waals surface area contributed by atoms with Gasteiger partial charge in [0.15, 0.2) is 5.69 Å². The Hall–Kier alpha value is -4.22. The first-order valence-electron chi connectivity index (χ1n) is 8.99. The van der Waals surface area contributed by atoms with E-state index < -0.39 is 11.5 Å². The lowest BCUT2D eigenvalue weighted by molar-refractivity contribution is 0.0996. The molecular formula is C22H17N5O3. The van der Waals surface area contributed by atoms with Crippen LogP contribution < -0.4 is 5.73 Å². The second-order valence-electron chi connectivity index (χ2n) is 6.54. The van der Waals surface area contributed by atoms with E-state index >= 15 is 0 Å². The molecule has 2 aromatic heterocycles. The Morgan fingerprint density at radius 2 is 2.07 bits per heavy atom. The molecule has 0 spiro atoms. The van der Waals surface area contributed by atoms with Gasteiger partial charge in [-0.05, 0) is 36.3 Å². The molecule has 8 heteroatoms. The molecule has 3 N–H and O–H groups in total. The van der Waals surface area contributed by atoms with E-state index in [2.05, 4.69) is 33.7 Å². The normalized spacial score (nSPS) is 12.7. The van der Waals surface area contributed by atoms with E-state index in [9.17, 15) is 9.90 Å². The number of hydrogen-bond donors (Lipinski definition) is 2. The third-order valence-corrected chi connectivity index (χ3v) is 4.46. The van der Waals surface area contributed by atoms with Gasteiger partial charge in [0.25, 0.3) is 11.8 Å². The SMILES string of the molecule is C=CC(O)(C#Cc1cccc(-n2nc(C(N)=O)c3ccccc32)c1)c1nnc(C)o1. The second kappa shape index (κ2) is 7.31. The number of rotatable bonds is 4. The smallest absolute Gasteiger partial charge is 0.269 e. The molecule has 1 atom stereocenters. The molecule has 0 aliphatic heterocycles. The van der Waals surface area contributed by atoms with Gasteiger partial charge in [0, 0.05) is 17.9 Å². The maximum Gasteiger partial charge on any atom is 0.269 e. The number of nitrogens with zero attached hydrogens (tertiary/aromatic N) is 4. The van der Waals surface area contributed by atoms with Gasteiger partial charge in [-0.2, -0.15) is 5.10 Å². The summed E-state index contributed by atoms with van der Waals surface area (Å²) in [5.74, 6) is 5.27. The molecule has 1 unspecified atom stereocenters. The van der Waals surface area contributed by atoms with Crippen LogP contribution in [0.4, 0.5) is 0 Å². The molecule has 0 radical (unpaired) electrons. The average Bonchev–Trinajstić information content (AvgIpc) is 3.37. The van der Waals surface area contributed by atoms with E-state index in [0.717, 1.165) is 5.52 Å². The third kappa shape index (κ3) is 3.34. The average molecular weight is 399 g/mol. The maximum absolute atomic E-state index is 11.8. The van der Waals surface area contributed by atoms with E-state index in [1.54, 1.807) is 35.9 Å². The first kappa shape index (κ1) is 19.1. The fraction of sp³-hybridized carbons (Fsp3) is 0.0909. The summed E-state index contributed by atoms with van der Waals surface area (Å²) in [6.45, 7) is 5.23. The van der Waals surface area contributed by atoms with E-state index in [4.69, 9.17) is 10.2 Å². The van der Waals surface area contributed by atoms with Crippen LogP contribution in [0.25, 0.3) is 16.6 Å². The van der Waals surface area contributed by atoms with Gasteiger partial charge in [-0.1, -0.05) is 36.8 Å². The first-order valence-corrected chi connectivity index (χ1v) is 8.99. The highest BCUT2D eigenvalue weighted by atomic mass is 16.4. The molecule has 0 aliphatic rings. The van der Waals surface area contributed by atoms with Gasteiger partial charge < -0.3 is 15.3 Å². The van der Waals surface area contributed by atoms with Crippen molar-refractivity contribution in [1.82, 2.24) is 20.0 Å². The van der Waals surface area contributed by atoms with Crippen molar-refractivity contribution >= 4 is 16.8 Å². The molecule has 0 fully saturated rings. The summed E-state index contributed by atoms with van der Waals surface area (Å²) in [6.07, 6.45) is 1.23. The summed E-state index contributed by atoms with van der Waals surface area (Å²) in [5.41, 5.74) is 5.90.